The van der Waals surface area contributed by atoms with Gasteiger partial charge in [0.1, 0.15) is 5.82 Å². The molecule has 1 aliphatic heterocycles. The Kier molecular flexibility index (Phi) is 5.96. The van der Waals surface area contributed by atoms with Crippen LogP contribution in [0.15, 0.2) is 22.7 Å². The minimum atomic E-state index is -0.160. The maximum Gasteiger partial charge on any atom is 0.128 e. The lowest BCUT2D eigenvalue weighted by molar-refractivity contribution is 0.0339. The minimum absolute atomic E-state index is 0.0106. The van der Waals surface area contributed by atoms with Crippen LogP contribution < -0.4 is 5.32 Å². The number of benzene rings is 1. The van der Waals surface area contributed by atoms with Crippen LogP contribution >= 0.6 is 15.9 Å². The summed E-state index contributed by atoms with van der Waals surface area (Å²) < 4.78 is 20.1. The topological polar surface area (TPSA) is 24.5 Å². The standard InChI is InChI=1S/C15H22BrFN2O/c1-11(10-19-5-7-20-8-6-19)18-12(2)14-9-13(16)3-4-15(14)17/h3-4,9,11-12,18H,5-8,10H2,1-2H3. The van der Waals surface area contributed by atoms with Gasteiger partial charge in [0, 0.05) is 41.8 Å². The molecule has 2 atom stereocenters. The van der Waals surface area contributed by atoms with Gasteiger partial charge in [-0.25, -0.2) is 4.39 Å². The number of nitrogens with one attached hydrogen (secondary N) is 1. The molecule has 2 rings (SSSR count). The van der Waals surface area contributed by atoms with Gasteiger partial charge in [0.15, 0.2) is 0 Å². The van der Waals surface area contributed by atoms with E-state index in [2.05, 4.69) is 33.1 Å². The van der Waals surface area contributed by atoms with Crippen molar-refractivity contribution >= 4 is 15.9 Å². The molecule has 112 valence electrons. The van der Waals surface area contributed by atoms with Crippen molar-refractivity contribution in [2.24, 2.45) is 0 Å². The van der Waals surface area contributed by atoms with Crippen molar-refractivity contribution in [3.63, 3.8) is 0 Å². The molecule has 1 N–H and O–H groups in total. The zero-order chi connectivity index (χ0) is 14.5. The Balaban J connectivity index is 1.89. The number of rotatable bonds is 5. The van der Waals surface area contributed by atoms with Crippen molar-refractivity contribution in [3.8, 4) is 0 Å². The Hall–Kier alpha value is -0.490. The van der Waals surface area contributed by atoms with E-state index in [9.17, 15) is 4.39 Å². The highest BCUT2D eigenvalue weighted by Gasteiger charge is 2.17. The lowest BCUT2D eigenvalue weighted by atomic mass is 10.1. The van der Waals surface area contributed by atoms with Gasteiger partial charge in [-0.3, -0.25) is 4.90 Å². The van der Waals surface area contributed by atoms with Gasteiger partial charge in [-0.1, -0.05) is 15.9 Å². The molecule has 0 spiro atoms. The fourth-order valence-corrected chi connectivity index (χ4v) is 2.97. The van der Waals surface area contributed by atoms with Crippen LogP contribution in [0.2, 0.25) is 0 Å². The summed E-state index contributed by atoms with van der Waals surface area (Å²) in [6.07, 6.45) is 0. The molecule has 0 saturated carbocycles. The second-order valence-electron chi connectivity index (χ2n) is 5.37. The molecule has 1 aromatic carbocycles. The van der Waals surface area contributed by atoms with E-state index in [-0.39, 0.29) is 11.9 Å². The smallest absolute Gasteiger partial charge is 0.128 e. The molecular formula is C15H22BrFN2O. The average molecular weight is 345 g/mol. The van der Waals surface area contributed by atoms with Crippen LogP contribution in [0.5, 0.6) is 0 Å². The molecule has 2 unspecified atom stereocenters. The van der Waals surface area contributed by atoms with Crippen LogP contribution in [-0.2, 0) is 4.74 Å². The van der Waals surface area contributed by atoms with E-state index in [4.69, 9.17) is 4.74 Å². The molecule has 20 heavy (non-hydrogen) atoms. The molecule has 1 aliphatic rings. The second-order valence-corrected chi connectivity index (χ2v) is 6.28. The van der Waals surface area contributed by atoms with Crippen molar-refractivity contribution in [2.45, 2.75) is 25.9 Å². The van der Waals surface area contributed by atoms with Crippen LogP contribution in [0.1, 0.15) is 25.5 Å². The largest absolute Gasteiger partial charge is 0.379 e. The quantitative estimate of drug-likeness (QED) is 0.888. The first-order valence-corrected chi connectivity index (χ1v) is 7.86. The normalized spacial score (nSPS) is 19.8. The molecule has 1 fully saturated rings. The first-order valence-electron chi connectivity index (χ1n) is 7.07. The van der Waals surface area contributed by atoms with Crippen LogP contribution in [0.25, 0.3) is 0 Å². The Morgan fingerprint density at radius 2 is 2.05 bits per heavy atom. The third kappa shape index (κ3) is 4.52. The average Bonchev–Trinajstić information content (AvgIpc) is 2.42. The maximum atomic E-state index is 13.8. The Labute approximate surface area is 128 Å². The summed E-state index contributed by atoms with van der Waals surface area (Å²) >= 11 is 3.39. The SMILES string of the molecule is CC(CN1CCOCC1)NC(C)c1cc(Br)ccc1F. The first-order chi connectivity index (χ1) is 9.56. The Morgan fingerprint density at radius 1 is 1.35 bits per heavy atom. The van der Waals surface area contributed by atoms with Crippen molar-refractivity contribution in [1.82, 2.24) is 10.2 Å². The van der Waals surface area contributed by atoms with Gasteiger partial charge in [-0.05, 0) is 32.0 Å². The summed E-state index contributed by atoms with van der Waals surface area (Å²) in [4.78, 5) is 2.38. The molecule has 0 radical (unpaired) electrons. The minimum Gasteiger partial charge on any atom is -0.379 e. The molecule has 1 saturated heterocycles. The highest BCUT2D eigenvalue weighted by atomic mass is 79.9. The molecule has 0 bridgehead atoms. The van der Waals surface area contributed by atoms with Gasteiger partial charge >= 0.3 is 0 Å². The summed E-state index contributed by atoms with van der Waals surface area (Å²) in [6.45, 7) is 8.67. The van der Waals surface area contributed by atoms with Crippen molar-refractivity contribution < 1.29 is 9.13 Å². The molecular weight excluding hydrogens is 323 g/mol. The van der Waals surface area contributed by atoms with E-state index in [1.54, 1.807) is 6.07 Å². The number of hydrogen-bond acceptors (Lipinski definition) is 3. The van der Waals surface area contributed by atoms with E-state index < -0.39 is 0 Å². The van der Waals surface area contributed by atoms with Gasteiger partial charge < -0.3 is 10.1 Å². The Morgan fingerprint density at radius 3 is 2.75 bits per heavy atom. The summed E-state index contributed by atoms with van der Waals surface area (Å²) in [5.41, 5.74) is 0.702. The summed E-state index contributed by atoms with van der Waals surface area (Å²) in [5.74, 6) is -0.160. The molecule has 3 nitrogen and oxygen atoms in total. The molecule has 1 heterocycles. The van der Waals surface area contributed by atoms with E-state index in [1.807, 2.05) is 13.0 Å². The number of hydrogen-bond donors (Lipinski definition) is 1. The predicted octanol–water partition coefficient (Wildman–Crippen LogP) is 2.96. The molecule has 1 aromatic rings. The van der Waals surface area contributed by atoms with Gasteiger partial charge in [-0.2, -0.15) is 0 Å². The highest BCUT2D eigenvalue weighted by molar-refractivity contribution is 9.10. The second kappa shape index (κ2) is 7.50. The number of halogens is 2. The molecule has 0 aliphatic carbocycles. The van der Waals surface area contributed by atoms with Gasteiger partial charge in [0.25, 0.3) is 0 Å². The lowest BCUT2D eigenvalue weighted by Crippen LogP contribution is -2.45. The van der Waals surface area contributed by atoms with E-state index in [0.717, 1.165) is 37.3 Å². The van der Waals surface area contributed by atoms with Gasteiger partial charge in [0.05, 0.1) is 13.2 Å². The predicted molar refractivity (Wildman–Crippen MR) is 82.4 cm³/mol. The van der Waals surface area contributed by atoms with Crippen LogP contribution in [0, 0.1) is 5.82 Å². The number of nitrogens with zero attached hydrogens (tertiary/aromatic N) is 1. The van der Waals surface area contributed by atoms with Crippen LogP contribution in [-0.4, -0.2) is 43.8 Å². The summed E-state index contributed by atoms with van der Waals surface area (Å²) in [5, 5.41) is 3.47. The van der Waals surface area contributed by atoms with Gasteiger partial charge in [0.2, 0.25) is 0 Å². The zero-order valence-electron chi connectivity index (χ0n) is 12.0. The monoisotopic (exact) mass is 344 g/mol. The fourth-order valence-electron chi connectivity index (χ4n) is 2.59. The third-order valence-corrected chi connectivity index (χ3v) is 4.09. The number of morpholine rings is 1. The maximum absolute atomic E-state index is 13.8. The molecule has 0 amide bonds. The van der Waals surface area contributed by atoms with E-state index >= 15 is 0 Å². The lowest BCUT2D eigenvalue weighted by Gasteiger charge is -2.30. The van der Waals surface area contributed by atoms with Gasteiger partial charge in [-0.15, -0.1) is 0 Å². The van der Waals surface area contributed by atoms with Crippen LogP contribution in [0.3, 0.4) is 0 Å². The highest BCUT2D eigenvalue weighted by Crippen LogP contribution is 2.22. The molecule has 5 heteroatoms. The van der Waals surface area contributed by atoms with E-state index in [0.29, 0.717) is 11.6 Å². The van der Waals surface area contributed by atoms with Crippen LogP contribution in [0.4, 0.5) is 4.39 Å². The number of ether oxygens (including phenoxy) is 1. The van der Waals surface area contributed by atoms with Crippen molar-refractivity contribution in [1.29, 1.82) is 0 Å². The molecule has 0 aromatic heterocycles. The van der Waals surface area contributed by atoms with Crippen molar-refractivity contribution in [3.05, 3.63) is 34.1 Å². The fraction of sp³-hybridized carbons (Fsp3) is 0.600. The summed E-state index contributed by atoms with van der Waals surface area (Å²) in [7, 11) is 0. The Bertz CT molecular complexity index is 438. The summed E-state index contributed by atoms with van der Waals surface area (Å²) in [6, 6.07) is 5.37. The third-order valence-electron chi connectivity index (χ3n) is 3.59. The first kappa shape index (κ1) is 15.9. The van der Waals surface area contributed by atoms with Crippen molar-refractivity contribution in [2.75, 3.05) is 32.8 Å². The zero-order valence-corrected chi connectivity index (χ0v) is 13.6. The van der Waals surface area contributed by atoms with E-state index in [1.165, 1.54) is 6.07 Å².